The molecule has 1 aromatic rings. The van der Waals surface area contributed by atoms with Crippen LogP contribution < -0.4 is 5.73 Å². The zero-order valence-corrected chi connectivity index (χ0v) is 11.2. The van der Waals surface area contributed by atoms with E-state index in [9.17, 15) is 0 Å². The number of nitrogens with two attached hydrogens (primary N) is 1. The van der Waals surface area contributed by atoms with E-state index >= 15 is 0 Å². The largest absolute Gasteiger partial charge is 0.319 e. The van der Waals surface area contributed by atoms with E-state index in [1.54, 1.807) is 11.3 Å². The second-order valence-corrected chi connectivity index (χ2v) is 6.29. The highest BCUT2D eigenvalue weighted by Crippen LogP contribution is 2.35. The smallest absolute Gasteiger partial charge is 0.113 e. The Balaban J connectivity index is 2.20. The molecule has 90 valence electrons. The molecule has 0 unspecified atom stereocenters. The summed E-state index contributed by atoms with van der Waals surface area (Å²) in [5, 5.41) is 1.17. The molecule has 1 fully saturated rings. The van der Waals surface area contributed by atoms with Crippen LogP contribution in [0.2, 0.25) is 0 Å². The minimum atomic E-state index is -0.135. The van der Waals surface area contributed by atoms with Crippen LogP contribution in [0.25, 0.3) is 0 Å². The SMILES string of the molecule is Cc1nc(C2(N)CCCCCCC2)sc1C. The van der Waals surface area contributed by atoms with Crippen LogP contribution in [-0.2, 0) is 5.54 Å². The Morgan fingerprint density at radius 3 is 2.12 bits per heavy atom. The van der Waals surface area contributed by atoms with Gasteiger partial charge in [-0.15, -0.1) is 11.3 Å². The summed E-state index contributed by atoms with van der Waals surface area (Å²) in [4.78, 5) is 5.99. The third-order valence-electron chi connectivity index (χ3n) is 3.70. The maximum absolute atomic E-state index is 6.58. The average molecular weight is 238 g/mol. The summed E-state index contributed by atoms with van der Waals surface area (Å²) < 4.78 is 0. The molecular formula is C13H22N2S. The number of nitrogens with zero attached hydrogens (tertiary/aromatic N) is 1. The lowest BCUT2D eigenvalue weighted by atomic mass is 9.85. The van der Waals surface area contributed by atoms with Gasteiger partial charge in [-0.05, 0) is 26.7 Å². The van der Waals surface area contributed by atoms with E-state index in [4.69, 9.17) is 5.73 Å². The Bertz CT molecular complexity index is 329. The second-order valence-electron chi connectivity index (χ2n) is 5.08. The molecule has 1 saturated carbocycles. The molecule has 0 saturated heterocycles. The molecule has 1 aliphatic carbocycles. The first-order chi connectivity index (χ1) is 7.62. The highest BCUT2D eigenvalue weighted by molar-refractivity contribution is 7.11. The van der Waals surface area contributed by atoms with Crippen molar-refractivity contribution >= 4 is 11.3 Å². The predicted molar refractivity (Wildman–Crippen MR) is 69.8 cm³/mol. The van der Waals surface area contributed by atoms with Crippen molar-refractivity contribution in [3.63, 3.8) is 0 Å². The van der Waals surface area contributed by atoms with Gasteiger partial charge in [0.25, 0.3) is 0 Å². The van der Waals surface area contributed by atoms with Crippen molar-refractivity contribution in [3.05, 3.63) is 15.6 Å². The van der Waals surface area contributed by atoms with Gasteiger partial charge in [0, 0.05) is 4.88 Å². The third-order valence-corrected chi connectivity index (χ3v) is 4.99. The molecule has 2 nitrogen and oxygen atoms in total. The van der Waals surface area contributed by atoms with Gasteiger partial charge in [0.2, 0.25) is 0 Å². The van der Waals surface area contributed by atoms with Crippen molar-refractivity contribution in [3.8, 4) is 0 Å². The number of rotatable bonds is 1. The lowest BCUT2D eigenvalue weighted by Gasteiger charge is -2.29. The van der Waals surface area contributed by atoms with E-state index < -0.39 is 0 Å². The first-order valence-corrected chi connectivity index (χ1v) is 7.17. The van der Waals surface area contributed by atoms with Crippen LogP contribution in [0.5, 0.6) is 0 Å². The molecule has 0 amide bonds. The molecule has 0 aromatic carbocycles. The normalized spacial score (nSPS) is 21.4. The van der Waals surface area contributed by atoms with Crippen molar-refractivity contribution < 1.29 is 0 Å². The van der Waals surface area contributed by atoms with Crippen LogP contribution in [0, 0.1) is 13.8 Å². The maximum atomic E-state index is 6.58. The van der Waals surface area contributed by atoms with E-state index in [-0.39, 0.29) is 5.54 Å². The van der Waals surface area contributed by atoms with E-state index in [1.807, 2.05) is 0 Å². The summed E-state index contributed by atoms with van der Waals surface area (Å²) in [6, 6.07) is 0. The standard InChI is InChI=1S/C13H22N2S/c1-10-11(2)16-12(15-10)13(14)8-6-4-3-5-7-9-13/h3-9,14H2,1-2H3. The minimum Gasteiger partial charge on any atom is -0.319 e. The van der Waals surface area contributed by atoms with Gasteiger partial charge in [0.15, 0.2) is 0 Å². The van der Waals surface area contributed by atoms with Crippen LogP contribution in [-0.4, -0.2) is 4.98 Å². The zero-order chi connectivity index (χ0) is 11.6. The number of thiazole rings is 1. The molecule has 0 atom stereocenters. The average Bonchev–Trinajstić information content (AvgIpc) is 2.54. The van der Waals surface area contributed by atoms with Crippen LogP contribution in [0.3, 0.4) is 0 Å². The lowest BCUT2D eigenvalue weighted by Crippen LogP contribution is -2.37. The highest BCUT2D eigenvalue weighted by atomic mass is 32.1. The first kappa shape index (κ1) is 12.1. The van der Waals surface area contributed by atoms with Crippen molar-refractivity contribution in [2.75, 3.05) is 0 Å². The number of hydrogen-bond acceptors (Lipinski definition) is 3. The Morgan fingerprint density at radius 1 is 1.06 bits per heavy atom. The third kappa shape index (κ3) is 2.46. The molecule has 0 bridgehead atoms. The number of aryl methyl sites for hydroxylation is 2. The quantitative estimate of drug-likeness (QED) is 0.811. The fourth-order valence-corrected chi connectivity index (χ4v) is 3.51. The maximum Gasteiger partial charge on any atom is 0.113 e. The summed E-state index contributed by atoms with van der Waals surface area (Å²) >= 11 is 1.80. The van der Waals surface area contributed by atoms with Crippen molar-refractivity contribution in [1.29, 1.82) is 0 Å². The highest BCUT2D eigenvalue weighted by Gasteiger charge is 2.30. The Morgan fingerprint density at radius 2 is 1.62 bits per heavy atom. The van der Waals surface area contributed by atoms with Crippen molar-refractivity contribution in [2.24, 2.45) is 5.73 Å². The molecule has 0 radical (unpaired) electrons. The van der Waals surface area contributed by atoms with Gasteiger partial charge in [0.05, 0.1) is 11.2 Å². The molecular weight excluding hydrogens is 216 g/mol. The van der Waals surface area contributed by atoms with Crippen molar-refractivity contribution in [2.45, 2.75) is 64.3 Å². The van der Waals surface area contributed by atoms with Gasteiger partial charge in [-0.1, -0.05) is 32.1 Å². The van der Waals surface area contributed by atoms with E-state index in [1.165, 1.54) is 42.0 Å². The van der Waals surface area contributed by atoms with Crippen LogP contribution >= 0.6 is 11.3 Å². The van der Waals surface area contributed by atoms with Gasteiger partial charge in [0.1, 0.15) is 5.01 Å². The number of aromatic nitrogens is 1. The zero-order valence-electron chi connectivity index (χ0n) is 10.4. The molecule has 2 rings (SSSR count). The fourth-order valence-electron chi connectivity index (χ4n) is 2.44. The Hall–Kier alpha value is -0.410. The van der Waals surface area contributed by atoms with E-state index in [0.29, 0.717) is 0 Å². The first-order valence-electron chi connectivity index (χ1n) is 6.35. The topological polar surface area (TPSA) is 38.9 Å². The predicted octanol–water partition coefficient (Wildman–Crippen LogP) is 3.66. The van der Waals surface area contributed by atoms with Gasteiger partial charge in [-0.3, -0.25) is 0 Å². The van der Waals surface area contributed by atoms with Crippen LogP contribution in [0.1, 0.15) is 60.5 Å². The summed E-state index contributed by atoms with van der Waals surface area (Å²) in [7, 11) is 0. The second kappa shape index (κ2) is 4.84. The van der Waals surface area contributed by atoms with Crippen LogP contribution in [0.15, 0.2) is 0 Å². The molecule has 16 heavy (non-hydrogen) atoms. The van der Waals surface area contributed by atoms with E-state index in [0.717, 1.165) is 18.5 Å². The van der Waals surface area contributed by atoms with Gasteiger partial charge >= 0.3 is 0 Å². The molecule has 3 heteroatoms. The molecule has 1 heterocycles. The Labute approximate surface area is 102 Å². The summed E-state index contributed by atoms with van der Waals surface area (Å²) in [6.45, 7) is 4.23. The lowest BCUT2D eigenvalue weighted by molar-refractivity contribution is 0.322. The van der Waals surface area contributed by atoms with Gasteiger partial charge in [-0.25, -0.2) is 4.98 Å². The van der Waals surface area contributed by atoms with Gasteiger partial charge in [-0.2, -0.15) is 0 Å². The van der Waals surface area contributed by atoms with Gasteiger partial charge < -0.3 is 5.73 Å². The van der Waals surface area contributed by atoms with Crippen molar-refractivity contribution in [1.82, 2.24) is 4.98 Å². The monoisotopic (exact) mass is 238 g/mol. The molecule has 1 aromatic heterocycles. The molecule has 2 N–H and O–H groups in total. The number of hydrogen-bond donors (Lipinski definition) is 1. The van der Waals surface area contributed by atoms with Crippen LogP contribution in [0.4, 0.5) is 0 Å². The van der Waals surface area contributed by atoms with E-state index in [2.05, 4.69) is 18.8 Å². The molecule has 0 spiro atoms. The molecule has 1 aliphatic rings. The fraction of sp³-hybridized carbons (Fsp3) is 0.769. The minimum absolute atomic E-state index is 0.135. The Kier molecular flexibility index (Phi) is 3.65. The summed E-state index contributed by atoms with van der Waals surface area (Å²) in [6.07, 6.45) is 8.79. The summed E-state index contributed by atoms with van der Waals surface area (Å²) in [5.74, 6) is 0. The molecule has 0 aliphatic heterocycles. The summed E-state index contributed by atoms with van der Waals surface area (Å²) in [5.41, 5.74) is 7.60.